The molecule has 0 aliphatic rings. The van der Waals surface area contributed by atoms with Crippen LogP contribution in [0.5, 0.6) is 11.5 Å². The molecule has 1 N–H and O–H groups in total. The Balaban J connectivity index is 2.06. The van der Waals surface area contributed by atoms with Gasteiger partial charge in [0.2, 0.25) is 0 Å². The molecule has 8 nitrogen and oxygen atoms in total. The van der Waals surface area contributed by atoms with Crippen LogP contribution in [0.3, 0.4) is 0 Å². The lowest BCUT2D eigenvalue weighted by molar-refractivity contribution is -0.0511. The van der Waals surface area contributed by atoms with Crippen LogP contribution in [0, 0.1) is 0 Å². The van der Waals surface area contributed by atoms with Gasteiger partial charge in [0.05, 0.1) is 32.1 Å². The smallest absolute Gasteiger partial charge is 0.387 e. The molecule has 0 unspecified atom stereocenters. The van der Waals surface area contributed by atoms with E-state index in [-0.39, 0.29) is 35.1 Å². The molecule has 1 heterocycles. The second-order valence-corrected chi connectivity index (χ2v) is 6.21. The van der Waals surface area contributed by atoms with Crippen LogP contribution >= 0.6 is 0 Å². The Morgan fingerprint density at radius 2 is 1.84 bits per heavy atom. The number of hydrogen-bond acceptors (Lipinski definition) is 7. The van der Waals surface area contributed by atoms with Crippen molar-refractivity contribution in [2.45, 2.75) is 13.2 Å². The van der Waals surface area contributed by atoms with Gasteiger partial charge in [0.15, 0.2) is 17.3 Å². The second-order valence-electron chi connectivity index (χ2n) is 6.21. The summed E-state index contributed by atoms with van der Waals surface area (Å²) in [4.78, 5) is 25.2. The summed E-state index contributed by atoms with van der Waals surface area (Å²) in [6.07, 6.45) is 0. The Labute approximate surface area is 175 Å². The Morgan fingerprint density at radius 1 is 1.10 bits per heavy atom. The van der Waals surface area contributed by atoms with Gasteiger partial charge in [-0.1, -0.05) is 18.2 Å². The van der Waals surface area contributed by atoms with Crippen molar-refractivity contribution in [3.63, 3.8) is 0 Å². The molecule has 1 amide bonds. The Hall–Kier alpha value is -3.66. The normalized spacial score (nSPS) is 10.9. The molecule has 3 rings (SSSR count). The molecule has 1 aromatic heterocycles. The number of carbonyl (C=O) groups excluding carboxylic acids is 2. The first-order valence-corrected chi connectivity index (χ1v) is 8.95. The second kappa shape index (κ2) is 9.43. The number of ether oxygens (including phenoxy) is 4. The minimum absolute atomic E-state index is 0.0500. The molecule has 0 aliphatic carbocycles. The fourth-order valence-corrected chi connectivity index (χ4v) is 3.04. The molecule has 164 valence electrons. The summed E-state index contributed by atoms with van der Waals surface area (Å²) in [7, 11) is 3.83. The van der Waals surface area contributed by atoms with Crippen LogP contribution in [0.15, 0.2) is 40.8 Å². The van der Waals surface area contributed by atoms with Crippen LogP contribution in [-0.2, 0) is 16.1 Å². The van der Waals surface area contributed by atoms with Gasteiger partial charge < -0.3 is 28.7 Å². The number of benzene rings is 2. The predicted molar refractivity (Wildman–Crippen MR) is 106 cm³/mol. The lowest BCUT2D eigenvalue weighted by Crippen LogP contribution is -2.17. The minimum Gasteiger partial charge on any atom is -0.493 e. The maximum atomic E-state index is 13.0. The number of alkyl halides is 2. The van der Waals surface area contributed by atoms with Gasteiger partial charge in [0.1, 0.15) is 5.58 Å². The fourth-order valence-electron chi connectivity index (χ4n) is 3.04. The molecule has 0 atom stereocenters. The maximum absolute atomic E-state index is 13.0. The number of halogens is 2. The van der Waals surface area contributed by atoms with E-state index in [1.165, 1.54) is 14.2 Å². The Bertz CT molecular complexity index is 1110. The minimum atomic E-state index is -3.15. The maximum Gasteiger partial charge on any atom is 0.387 e. The summed E-state index contributed by atoms with van der Waals surface area (Å²) in [6.45, 7) is -3.06. The van der Waals surface area contributed by atoms with Crippen molar-refractivity contribution in [3.05, 3.63) is 53.3 Å². The van der Waals surface area contributed by atoms with Crippen LogP contribution in [0.2, 0.25) is 0 Å². The zero-order valence-corrected chi connectivity index (χ0v) is 16.9. The number of hydrogen-bond donors (Lipinski definition) is 1. The molecule has 0 radical (unpaired) electrons. The number of fused-ring (bicyclic) bond motifs is 1. The number of amides is 1. The molecule has 0 saturated carbocycles. The van der Waals surface area contributed by atoms with E-state index in [1.54, 1.807) is 24.3 Å². The molecular weight excluding hydrogens is 416 g/mol. The number of furan rings is 1. The molecule has 10 heteroatoms. The highest BCUT2D eigenvalue weighted by Crippen LogP contribution is 2.36. The van der Waals surface area contributed by atoms with Crippen molar-refractivity contribution in [2.75, 3.05) is 26.6 Å². The summed E-state index contributed by atoms with van der Waals surface area (Å²) in [6, 6.07) is 9.17. The van der Waals surface area contributed by atoms with E-state index in [4.69, 9.17) is 18.6 Å². The Kier molecular flexibility index (Phi) is 6.71. The van der Waals surface area contributed by atoms with Crippen LogP contribution < -0.4 is 14.8 Å². The van der Waals surface area contributed by atoms with E-state index in [0.29, 0.717) is 16.5 Å². The Morgan fingerprint density at radius 3 is 2.48 bits per heavy atom. The molecule has 0 spiro atoms. The van der Waals surface area contributed by atoms with Crippen molar-refractivity contribution in [1.82, 2.24) is 0 Å². The summed E-state index contributed by atoms with van der Waals surface area (Å²) >= 11 is 0. The standard InChI is InChI=1S/C21H19F2NO7/c1-27-10-13-11-6-4-5-7-15(11)30-18(13)19(25)24-14-9-17(31-21(22)23)16(28-2)8-12(14)20(26)29-3/h4-9,21H,10H2,1-3H3,(H,24,25). The van der Waals surface area contributed by atoms with E-state index in [1.807, 2.05) is 0 Å². The molecular formula is C21H19F2NO7. The zero-order valence-electron chi connectivity index (χ0n) is 16.9. The highest BCUT2D eigenvalue weighted by Gasteiger charge is 2.25. The van der Waals surface area contributed by atoms with Crippen molar-refractivity contribution in [2.24, 2.45) is 0 Å². The molecule has 0 fully saturated rings. The summed E-state index contributed by atoms with van der Waals surface area (Å²) in [5, 5.41) is 3.18. The predicted octanol–water partition coefficient (Wildman–Crippen LogP) is 4.23. The lowest BCUT2D eigenvalue weighted by atomic mass is 10.1. The van der Waals surface area contributed by atoms with Gasteiger partial charge in [0, 0.05) is 30.2 Å². The highest BCUT2D eigenvalue weighted by atomic mass is 19.3. The molecule has 3 aromatic rings. The van der Waals surface area contributed by atoms with Gasteiger partial charge in [-0.25, -0.2) is 4.79 Å². The van der Waals surface area contributed by atoms with Gasteiger partial charge in [-0.3, -0.25) is 4.79 Å². The SMILES string of the molecule is COCc1c(C(=O)Nc2cc(OC(F)F)c(OC)cc2C(=O)OC)oc2ccccc12. The lowest BCUT2D eigenvalue weighted by Gasteiger charge is -2.15. The zero-order chi connectivity index (χ0) is 22.5. The van der Waals surface area contributed by atoms with E-state index < -0.39 is 18.5 Å². The first-order chi connectivity index (χ1) is 14.9. The number of anilines is 1. The third kappa shape index (κ3) is 4.58. The van der Waals surface area contributed by atoms with E-state index in [2.05, 4.69) is 10.1 Å². The van der Waals surface area contributed by atoms with Crippen LogP contribution in [0.1, 0.15) is 26.5 Å². The van der Waals surface area contributed by atoms with Crippen LogP contribution in [0.4, 0.5) is 14.5 Å². The van der Waals surface area contributed by atoms with Crippen LogP contribution in [0.25, 0.3) is 11.0 Å². The number of carbonyl (C=O) groups is 2. The topological polar surface area (TPSA) is 96.2 Å². The van der Waals surface area contributed by atoms with Gasteiger partial charge in [-0.05, 0) is 6.07 Å². The molecule has 31 heavy (non-hydrogen) atoms. The van der Waals surface area contributed by atoms with Gasteiger partial charge in [-0.2, -0.15) is 8.78 Å². The summed E-state index contributed by atoms with van der Waals surface area (Å²) in [5.41, 5.74) is 0.702. The molecule has 2 aromatic carbocycles. The number of rotatable bonds is 8. The monoisotopic (exact) mass is 435 g/mol. The number of nitrogens with one attached hydrogen (secondary N) is 1. The summed E-state index contributed by atoms with van der Waals surface area (Å²) < 4.78 is 50.6. The van der Waals surface area contributed by atoms with Crippen molar-refractivity contribution in [1.29, 1.82) is 0 Å². The van der Waals surface area contributed by atoms with Gasteiger partial charge in [-0.15, -0.1) is 0 Å². The first kappa shape index (κ1) is 22.0. The average Bonchev–Trinajstić information content (AvgIpc) is 3.12. The van der Waals surface area contributed by atoms with E-state index in [9.17, 15) is 18.4 Å². The molecule has 0 aliphatic heterocycles. The van der Waals surface area contributed by atoms with Crippen molar-refractivity contribution >= 4 is 28.5 Å². The van der Waals surface area contributed by atoms with E-state index >= 15 is 0 Å². The number of para-hydroxylation sites is 1. The fraction of sp³-hybridized carbons (Fsp3) is 0.238. The highest BCUT2D eigenvalue weighted by molar-refractivity contribution is 6.09. The molecule has 0 bridgehead atoms. The number of methoxy groups -OCH3 is 3. The molecule has 0 saturated heterocycles. The van der Waals surface area contributed by atoms with Crippen molar-refractivity contribution < 1.29 is 41.7 Å². The summed E-state index contributed by atoms with van der Waals surface area (Å²) in [5.74, 6) is -2.10. The quantitative estimate of drug-likeness (QED) is 0.529. The third-order valence-corrected chi connectivity index (χ3v) is 4.37. The van der Waals surface area contributed by atoms with Crippen molar-refractivity contribution in [3.8, 4) is 11.5 Å². The van der Waals surface area contributed by atoms with Gasteiger partial charge >= 0.3 is 12.6 Å². The largest absolute Gasteiger partial charge is 0.493 e. The first-order valence-electron chi connectivity index (χ1n) is 8.95. The van der Waals surface area contributed by atoms with Gasteiger partial charge in [0.25, 0.3) is 5.91 Å². The number of esters is 1. The third-order valence-electron chi connectivity index (χ3n) is 4.37. The average molecular weight is 435 g/mol. The van der Waals surface area contributed by atoms with Crippen LogP contribution in [-0.4, -0.2) is 39.8 Å². The van der Waals surface area contributed by atoms with E-state index in [0.717, 1.165) is 19.2 Å².